The Kier molecular flexibility index (Phi) is 7.03. The number of hydrogen-bond acceptors (Lipinski definition) is 6. The number of pyridine rings is 1. The highest BCUT2D eigenvalue weighted by molar-refractivity contribution is 7.80. The molecule has 0 spiro atoms. The van der Waals surface area contributed by atoms with E-state index in [4.69, 9.17) is 21.4 Å². The van der Waals surface area contributed by atoms with Crippen molar-refractivity contribution in [3.63, 3.8) is 0 Å². The molecule has 10 heteroatoms. The largest absolute Gasteiger partial charge is 0.495 e. The molecule has 0 unspecified atom stereocenters. The van der Waals surface area contributed by atoms with Gasteiger partial charge < -0.3 is 29.8 Å². The van der Waals surface area contributed by atoms with E-state index in [-0.39, 0.29) is 17.5 Å². The second kappa shape index (κ2) is 10.6. The zero-order valence-electron chi connectivity index (χ0n) is 21.5. The molecule has 0 bridgehead atoms. The Morgan fingerprint density at radius 3 is 2.62 bits per heavy atom. The molecule has 39 heavy (non-hydrogen) atoms. The minimum atomic E-state index is -0.984. The van der Waals surface area contributed by atoms with Gasteiger partial charge in [0.1, 0.15) is 23.3 Å². The molecule has 1 aliphatic rings. The molecule has 1 amide bonds. The fourth-order valence-electron chi connectivity index (χ4n) is 4.78. The van der Waals surface area contributed by atoms with Gasteiger partial charge in [-0.15, -0.1) is 0 Å². The summed E-state index contributed by atoms with van der Waals surface area (Å²) in [6, 6.07) is 19.1. The number of nitrogens with one attached hydrogen (secondary N) is 2. The Morgan fingerprint density at radius 1 is 1.13 bits per heavy atom. The van der Waals surface area contributed by atoms with Gasteiger partial charge in [0.25, 0.3) is 0 Å². The third-order valence-electron chi connectivity index (χ3n) is 6.53. The number of hydrogen-bond donors (Lipinski definition) is 3. The topological polar surface area (TPSA) is 117 Å². The number of furan rings is 1. The molecule has 1 saturated heterocycles. The molecule has 0 radical (unpaired) electrons. The number of ether oxygens (including phenoxy) is 1. The zero-order valence-corrected chi connectivity index (χ0v) is 22.3. The quantitative estimate of drug-likeness (QED) is 0.261. The first-order valence-corrected chi connectivity index (χ1v) is 12.6. The molecule has 9 nitrogen and oxygen atoms in total. The molecule has 0 aliphatic carbocycles. The normalized spacial score (nSPS) is 16.6. The molecule has 2 aromatic heterocycles. The Balaban J connectivity index is 1.60. The number of carbonyl (C=O) groups excluding carboxylic acids is 1. The van der Waals surface area contributed by atoms with Crippen molar-refractivity contribution in [3.05, 3.63) is 95.5 Å². The summed E-state index contributed by atoms with van der Waals surface area (Å²) in [5.74, 6) is 0.542. The van der Waals surface area contributed by atoms with E-state index in [9.17, 15) is 14.7 Å². The number of thiocarbonyl (C=S) groups is 1. The first-order chi connectivity index (χ1) is 18.8. The lowest BCUT2D eigenvalue weighted by Gasteiger charge is -2.27. The fraction of sp³-hybridized carbons (Fsp3) is 0.172. The predicted molar refractivity (Wildman–Crippen MR) is 151 cm³/mol. The van der Waals surface area contributed by atoms with Crippen LogP contribution in [-0.4, -0.2) is 34.2 Å². The number of benzene rings is 2. The molecular formula is C29H26N4O5S. The molecule has 1 aliphatic heterocycles. The van der Waals surface area contributed by atoms with Crippen LogP contribution in [0.25, 0.3) is 11.3 Å². The number of carbonyl (C=O) groups is 2. The average Bonchev–Trinajstić information content (AvgIpc) is 3.53. The standard InChI is InChI=1S/C29H26N4O5S/c1-16-14-18(28(35)36)7-9-20(16)23-11-12-25(38-23)27-26(21-6-4-5-13-30-21)32-29(39)33(27)19-8-10-24(37-3)22(15-19)31-17(2)34/h4-15,26-27H,1-3H3,(H,31,34)(H,32,39)(H,35,36)/t26-,27+/m0/s1. The summed E-state index contributed by atoms with van der Waals surface area (Å²) in [5.41, 5.74) is 3.80. The highest BCUT2D eigenvalue weighted by Crippen LogP contribution is 2.44. The molecule has 3 N–H and O–H groups in total. The molecule has 0 saturated carbocycles. The number of methoxy groups -OCH3 is 1. The molecular weight excluding hydrogens is 516 g/mol. The van der Waals surface area contributed by atoms with E-state index in [0.29, 0.717) is 28.1 Å². The predicted octanol–water partition coefficient (Wildman–Crippen LogP) is 5.49. The second-order valence-corrected chi connectivity index (χ2v) is 9.49. The maximum atomic E-state index is 11.9. The summed E-state index contributed by atoms with van der Waals surface area (Å²) < 4.78 is 11.8. The van der Waals surface area contributed by atoms with E-state index in [2.05, 4.69) is 15.6 Å². The van der Waals surface area contributed by atoms with Crippen molar-refractivity contribution in [2.45, 2.75) is 25.9 Å². The van der Waals surface area contributed by atoms with E-state index < -0.39 is 12.0 Å². The highest BCUT2D eigenvalue weighted by atomic mass is 32.1. The van der Waals surface area contributed by atoms with Gasteiger partial charge in [-0.1, -0.05) is 12.1 Å². The van der Waals surface area contributed by atoms with E-state index >= 15 is 0 Å². The van der Waals surface area contributed by atoms with E-state index in [1.54, 1.807) is 36.5 Å². The second-order valence-electron chi connectivity index (χ2n) is 9.10. The van der Waals surface area contributed by atoms with E-state index in [1.807, 2.05) is 48.2 Å². The highest BCUT2D eigenvalue weighted by Gasteiger charge is 2.43. The minimum absolute atomic E-state index is 0.212. The number of carboxylic acids is 1. The number of amides is 1. The van der Waals surface area contributed by atoms with Gasteiger partial charge in [-0.25, -0.2) is 4.79 Å². The van der Waals surface area contributed by atoms with Crippen LogP contribution in [0.4, 0.5) is 11.4 Å². The van der Waals surface area contributed by atoms with E-state index in [0.717, 1.165) is 22.5 Å². The number of aromatic carboxylic acids is 1. The zero-order chi connectivity index (χ0) is 27.7. The number of aryl methyl sites for hydroxylation is 1. The smallest absolute Gasteiger partial charge is 0.335 e. The van der Waals surface area contributed by atoms with Gasteiger partial charge in [-0.05, 0) is 79.3 Å². The lowest BCUT2D eigenvalue weighted by molar-refractivity contribution is -0.114. The van der Waals surface area contributed by atoms with Crippen LogP contribution in [0, 0.1) is 6.92 Å². The van der Waals surface area contributed by atoms with Gasteiger partial charge in [-0.2, -0.15) is 0 Å². The maximum absolute atomic E-state index is 11.9. The van der Waals surface area contributed by atoms with Crippen molar-refractivity contribution in [1.82, 2.24) is 10.3 Å². The van der Waals surface area contributed by atoms with Crippen LogP contribution in [0.5, 0.6) is 5.75 Å². The minimum Gasteiger partial charge on any atom is -0.495 e. The van der Waals surface area contributed by atoms with Crippen molar-refractivity contribution >= 4 is 40.6 Å². The Labute approximate surface area is 230 Å². The van der Waals surface area contributed by atoms with Crippen LogP contribution in [0.1, 0.15) is 46.4 Å². The lowest BCUT2D eigenvalue weighted by atomic mass is 10.0. The van der Waals surface area contributed by atoms with Crippen LogP contribution in [0.3, 0.4) is 0 Å². The van der Waals surface area contributed by atoms with Crippen molar-refractivity contribution in [1.29, 1.82) is 0 Å². The number of rotatable bonds is 7. The van der Waals surface area contributed by atoms with Gasteiger partial charge in [0.15, 0.2) is 5.11 Å². The molecule has 1 fully saturated rings. The average molecular weight is 543 g/mol. The van der Waals surface area contributed by atoms with Crippen LogP contribution in [-0.2, 0) is 4.79 Å². The number of aromatic nitrogens is 1. The molecule has 4 aromatic rings. The molecule has 5 rings (SSSR count). The molecule has 3 heterocycles. The number of nitrogens with zero attached hydrogens (tertiary/aromatic N) is 2. The van der Waals surface area contributed by atoms with Gasteiger partial charge in [0, 0.05) is 24.4 Å². The van der Waals surface area contributed by atoms with Gasteiger partial charge >= 0.3 is 5.97 Å². The third-order valence-corrected chi connectivity index (χ3v) is 6.84. The summed E-state index contributed by atoms with van der Waals surface area (Å²) in [6.45, 7) is 3.28. The number of anilines is 2. The summed E-state index contributed by atoms with van der Waals surface area (Å²) >= 11 is 5.80. The maximum Gasteiger partial charge on any atom is 0.335 e. The van der Waals surface area contributed by atoms with Crippen molar-refractivity contribution < 1.29 is 23.8 Å². The molecule has 2 aromatic carbocycles. The Morgan fingerprint density at radius 2 is 1.95 bits per heavy atom. The third kappa shape index (κ3) is 5.06. The first kappa shape index (κ1) is 25.9. The summed E-state index contributed by atoms with van der Waals surface area (Å²) in [6.07, 6.45) is 1.73. The number of carboxylic acid groups (broad SMARTS) is 1. The summed E-state index contributed by atoms with van der Waals surface area (Å²) in [7, 11) is 1.54. The molecule has 198 valence electrons. The van der Waals surface area contributed by atoms with Crippen molar-refractivity contribution in [3.8, 4) is 17.1 Å². The fourth-order valence-corrected chi connectivity index (χ4v) is 5.13. The summed E-state index contributed by atoms with van der Waals surface area (Å²) in [5, 5.41) is 16.0. The molecule has 2 atom stereocenters. The van der Waals surface area contributed by atoms with Gasteiger partial charge in [0.2, 0.25) is 5.91 Å². The van der Waals surface area contributed by atoms with E-state index in [1.165, 1.54) is 14.0 Å². The van der Waals surface area contributed by atoms with Gasteiger partial charge in [0.05, 0.1) is 30.1 Å². The van der Waals surface area contributed by atoms with Crippen molar-refractivity contribution in [2.75, 3.05) is 17.3 Å². The van der Waals surface area contributed by atoms with Crippen LogP contribution in [0.15, 0.2) is 77.3 Å². The summed E-state index contributed by atoms with van der Waals surface area (Å²) in [4.78, 5) is 29.7. The van der Waals surface area contributed by atoms with Crippen molar-refractivity contribution in [2.24, 2.45) is 0 Å². The monoisotopic (exact) mass is 542 g/mol. The lowest BCUT2D eigenvalue weighted by Crippen LogP contribution is -2.29. The van der Waals surface area contributed by atoms with Crippen LogP contribution >= 0.6 is 12.2 Å². The Bertz CT molecular complexity index is 1570. The van der Waals surface area contributed by atoms with Crippen LogP contribution in [0.2, 0.25) is 0 Å². The first-order valence-electron chi connectivity index (χ1n) is 12.2. The van der Waals surface area contributed by atoms with Crippen LogP contribution < -0.4 is 20.3 Å². The van der Waals surface area contributed by atoms with Gasteiger partial charge in [-0.3, -0.25) is 9.78 Å². The SMILES string of the molecule is COc1ccc(N2C(=S)N[C@@H](c3ccccn3)[C@H]2c2ccc(-c3ccc(C(=O)O)cc3C)o2)cc1NC(C)=O. The Hall–Kier alpha value is -4.70.